The van der Waals surface area contributed by atoms with Crippen molar-refractivity contribution in [2.24, 2.45) is 0 Å². The molecule has 0 saturated carbocycles. The van der Waals surface area contributed by atoms with Gasteiger partial charge in [0.2, 0.25) is 5.82 Å². The van der Waals surface area contributed by atoms with Crippen molar-refractivity contribution in [3.05, 3.63) is 63.5 Å². The zero-order chi connectivity index (χ0) is 14.7. The normalized spacial score (nSPS) is 10.3. The van der Waals surface area contributed by atoms with Crippen LogP contribution in [-0.4, -0.2) is 4.92 Å². The van der Waals surface area contributed by atoms with Gasteiger partial charge in [0.25, 0.3) is 0 Å². The number of benzene rings is 2. The molecule has 104 valence electrons. The first-order valence-electron chi connectivity index (χ1n) is 5.78. The Kier molecular flexibility index (Phi) is 4.34. The predicted octanol–water partition coefficient (Wildman–Crippen LogP) is 4.73. The van der Waals surface area contributed by atoms with Gasteiger partial charge in [-0.15, -0.1) is 0 Å². The topological polar surface area (TPSA) is 52.4 Å². The second-order valence-electron chi connectivity index (χ2n) is 4.22. The molecular formula is C14H11BrFNO3. The van der Waals surface area contributed by atoms with Crippen molar-refractivity contribution < 1.29 is 14.1 Å². The molecule has 0 aromatic heterocycles. The fourth-order valence-electron chi connectivity index (χ4n) is 1.74. The third-order valence-corrected chi connectivity index (χ3v) is 3.31. The lowest BCUT2D eigenvalue weighted by molar-refractivity contribution is -0.387. The van der Waals surface area contributed by atoms with Crippen molar-refractivity contribution in [2.75, 3.05) is 0 Å². The van der Waals surface area contributed by atoms with Crippen molar-refractivity contribution in [1.29, 1.82) is 0 Å². The number of ether oxygens (including phenoxy) is 1. The molecule has 0 heterocycles. The van der Waals surface area contributed by atoms with Crippen molar-refractivity contribution in [2.45, 2.75) is 12.3 Å². The molecule has 2 aromatic carbocycles. The Hall–Kier alpha value is -1.95. The molecule has 0 aliphatic carbocycles. The van der Waals surface area contributed by atoms with Crippen LogP contribution in [0.3, 0.4) is 0 Å². The summed E-state index contributed by atoms with van der Waals surface area (Å²) in [6.07, 6.45) is 0. The molecule has 0 fully saturated rings. The number of aryl methyl sites for hydroxylation is 1. The van der Waals surface area contributed by atoms with E-state index in [-0.39, 0.29) is 5.75 Å². The van der Waals surface area contributed by atoms with E-state index in [1.165, 1.54) is 6.07 Å². The lowest BCUT2D eigenvalue weighted by atomic mass is 10.1. The SMILES string of the molecule is Cc1ccc(Oc2ccc([N+](=O)[O-])c(F)c2)c(CBr)c1. The monoisotopic (exact) mass is 339 g/mol. The van der Waals surface area contributed by atoms with Crippen LogP contribution in [0.15, 0.2) is 36.4 Å². The number of nitrogens with zero attached hydrogens (tertiary/aromatic N) is 1. The summed E-state index contributed by atoms with van der Waals surface area (Å²) in [5, 5.41) is 11.1. The van der Waals surface area contributed by atoms with Crippen molar-refractivity contribution in [3.8, 4) is 11.5 Å². The summed E-state index contributed by atoms with van der Waals surface area (Å²) in [6, 6.07) is 9.09. The van der Waals surface area contributed by atoms with Crippen molar-refractivity contribution >= 4 is 21.6 Å². The Labute approximate surface area is 123 Å². The Morgan fingerprint density at radius 3 is 2.65 bits per heavy atom. The molecule has 0 aliphatic rings. The standard InChI is InChI=1S/C14H11BrFNO3/c1-9-2-5-14(10(6-9)8-15)20-11-3-4-13(17(18)19)12(16)7-11/h2-7H,8H2,1H3. The molecule has 4 nitrogen and oxygen atoms in total. The van der Waals surface area contributed by atoms with Gasteiger partial charge in [0.15, 0.2) is 0 Å². The zero-order valence-corrected chi connectivity index (χ0v) is 12.2. The van der Waals surface area contributed by atoms with E-state index in [1.807, 2.05) is 19.1 Å². The number of hydrogen-bond donors (Lipinski definition) is 0. The molecule has 0 bridgehead atoms. The maximum atomic E-state index is 13.5. The third-order valence-electron chi connectivity index (χ3n) is 2.70. The highest BCUT2D eigenvalue weighted by Gasteiger charge is 2.15. The van der Waals surface area contributed by atoms with Gasteiger partial charge in [-0.2, -0.15) is 4.39 Å². The number of nitro benzene ring substituents is 1. The molecule has 0 atom stereocenters. The first-order valence-corrected chi connectivity index (χ1v) is 6.90. The average Bonchev–Trinajstić information content (AvgIpc) is 2.40. The van der Waals surface area contributed by atoms with Gasteiger partial charge in [-0.05, 0) is 19.1 Å². The van der Waals surface area contributed by atoms with Gasteiger partial charge in [0, 0.05) is 23.0 Å². The van der Waals surface area contributed by atoms with Gasteiger partial charge in [-0.1, -0.05) is 33.6 Å². The van der Waals surface area contributed by atoms with Crippen LogP contribution >= 0.6 is 15.9 Å². The quantitative estimate of drug-likeness (QED) is 0.459. The highest BCUT2D eigenvalue weighted by molar-refractivity contribution is 9.08. The highest BCUT2D eigenvalue weighted by atomic mass is 79.9. The van der Waals surface area contributed by atoms with E-state index < -0.39 is 16.4 Å². The number of halogens is 2. The zero-order valence-electron chi connectivity index (χ0n) is 10.6. The molecule has 0 amide bonds. The maximum absolute atomic E-state index is 13.5. The van der Waals surface area contributed by atoms with E-state index in [1.54, 1.807) is 6.07 Å². The van der Waals surface area contributed by atoms with Crippen LogP contribution in [-0.2, 0) is 5.33 Å². The van der Waals surface area contributed by atoms with Crippen LogP contribution in [0, 0.1) is 22.9 Å². The second kappa shape index (κ2) is 6.00. The lowest BCUT2D eigenvalue weighted by Gasteiger charge is -2.10. The molecule has 0 spiro atoms. The van der Waals surface area contributed by atoms with Gasteiger partial charge >= 0.3 is 5.69 Å². The molecule has 0 radical (unpaired) electrons. The van der Waals surface area contributed by atoms with E-state index in [2.05, 4.69) is 15.9 Å². The van der Waals surface area contributed by atoms with E-state index in [0.29, 0.717) is 11.1 Å². The fourth-order valence-corrected chi connectivity index (χ4v) is 2.18. The lowest BCUT2D eigenvalue weighted by Crippen LogP contribution is -1.94. The molecule has 0 aliphatic heterocycles. The summed E-state index contributed by atoms with van der Waals surface area (Å²) in [6.45, 7) is 1.96. The Morgan fingerprint density at radius 2 is 2.05 bits per heavy atom. The minimum Gasteiger partial charge on any atom is -0.457 e. The molecular weight excluding hydrogens is 329 g/mol. The van der Waals surface area contributed by atoms with Crippen molar-refractivity contribution in [1.82, 2.24) is 0 Å². The van der Waals surface area contributed by atoms with Crippen LogP contribution in [0.4, 0.5) is 10.1 Å². The minimum absolute atomic E-state index is 0.221. The van der Waals surface area contributed by atoms with Crippen LogP contribution in [0.5, 0.6) is 11.5 Å². The summed E-state index contributed by atoms with van der Waals surface area (Å²) in [4.78, 5) is 9.78. The predicted molar refractivity (Wildman–Crippen MR) is 76.9 cm³/mol. The van der Waals surface area contributed by atoms with E-state index in [0.717, 1.165) is 23.3 Å². The Morgan fingerprint density at radius 1 is 1.30 bits per heavy atom. The van der Waals surface area contributed by atoms with Crippen molar-refractivity contribution in [3.63, 3.8) is 0 Å². The number of hydrogen-bond acceptors (Lipinski definition) is 3. The summed E-state index contributed by atoms with van der Waals surface area (Å²) in [7, 11) is 0. The number of rotatable bonds is 4. The first kappa shape index (κ1) is 14.5. The molecule has 20 heavy (non-hydrogen) atoms. The molecule has 2 aromatic rings. The van der Waals surface area contributed by atoms with E-state index in [9.17, 15) is 14.5 Å². The van der Waals surface area contributed by atoms with Crippen LogP contribution in [0.2, 0.25) is 0 Å². The molecule has 0 N–H and O–H groups in total. The van der Waals surface area contributed by atoms with Gasteiger partial charge in [-0.3, -0.25) is 10.1 Å². The Balaban J connectivity index is 2.31. The maximum Gasteiger partial charge on any atom is 0.305 e. The summed E-state index contributed by atoms with van der Waals surface area (Å²) >= 11 is 3.36. The van der Waals surface area contributed by atoms with Gasteiger partial charge in [-0.25, -0.2) is 0 Å². The average molecular weight is 340 g/mol. The summed E-state index contributed by atoms with van der Waals surface area (Å²) in [5.74, 6) is -0.111. The smallest absolute Gasteiger partial charge is 0.305 e. The Bertz CT molecular complexity index is 661. The largest absolute Gasteiger partial charge is 0.457 e. The molecule has 2 rings (SSSR count). The number of alkyl halides is 1. The van der Waals surface area contributed by atoms with Crippen LogP contribution < -0.4 is 4.74 Å². The minimum atomic E-state index is -0.917. The summed E-state index contributed by atoms with van der Waals surface area (Å²) in [5.41, 5.74) is 1.44. The summed E-state index contributed by atoms with van der Waals surface area (Å²) < 4.78 is 19.1. The third kappa shape index (κ3) is 3.14. The van der Waals surface area contributed by atoms with Crippen LogP contribution in [0.25, 0.3) is 0 Å². The fraction of sp³-hybridized carbons (Fsp3) is 0.143. The van der Waals surface area contributed by atoms with Crippen LogP contribution in [0.1, 0.15) is 11.1 Å². The van der Waals surface area contributed by atoms with Gasteiger partial charge in [0.1, 0.15) is 11.5 Å². The van der Waals surface area contributed by atoms with Gasteiger partial charge in [0.05, 0.1) is 4.92 Å². The number of nitro groups is 1. The van der Waals surface area contributed by atoms with E-state index in [4.69, 9.17) is 4.74 Å². The van der Waals surface area contributed by atoms with E-state index >= 15 is 0 Å². The second-order valence-corrected chi connectivity index (χ2v) is 4.78. The first-order chi connectivity index (χ1) is 9.51. The molecule has 6 heteroatoms. The molecule has 0 saturated heterocycles. The highest BCUT2D eigenvalue weighted by Crippen LogP contribution is 2.30. The molecule has 0 unspecified atom stereocenters. The van der Waals surface area contributed by atoms with Gasteiger partial charge < -0.3 is 4.74 Å².